The van der Waals surface area contributed by atoms with Crippen LogP contribution in [0.3, 0.4) is 0 Å². The number of aliphatic hydroxyl groups is 1. The summed E-state index contributed by atoms with van der Waals surface area (Å²) in [5.74, 6) is 0.834. The molecule has 1 N–H and O–H groups in total. The lowest BCUT2D eigenvalue weighted by Gasteiger charge is -2.20. The van der Waals surface area contributed by atoms with Gasteiger partial charge in [0.15, 0.2) is 5.76 Å². The van der Waals surface area contributed by atoms with Crippen LogP contribution in [0.1, 0.15) is 18.4 Å². The van der Waals surface area contributed by atoms with Crippen molar-refractivity contribution in [2.24, 2.45) is 0 Å². The first-order chi connectivity index (χ1) is 6.13. The number of aliphatic hydroxyl groups excluding tert-OH is 1. The third-order valence-corrected chi connectivity index (χ3v) is 2.10. The van der Waals surface area contributed by atoms with Crippen LogP contribution in [0.4, 0.5) is 0 Å². The fraction of sp³-hybridized carbons (Fsp3) is 0.667. The minimum atomic E-state index is 0.144. The van der Waals surface area contributed by atoms with Gasteiger partial charge in [-0.1, -0.05) is 5.16 Å². The van der Waals surface area contributed by atoms with Gasteiger partial charge in [-0.2, -0.15) is 0 Å². The molecule has 0 aromatic carbocycles. The fourth-order valence-corrected chi connectivity index (χ4v) is 1.03. The Balaban J connectivity index is 2.49. The van der Waals surface area contributed by atoms with Crippen molar-refractivity contribution in [3.8, 4) is 0 Å². The molecule has 0 spiro atoms. The Hall–Kier alpha value is -0.870. The maximum absolute atomic E-state index is 8.90. The summed E-state index contributed by atoms with van der Waals surface area (Å²) in [4.78, 5) is 2.01. The lowest BCUT2D eigenvalue weighted by Crippen LogP contribution is -2.31. The summed E-state index contributed by atoms with van der Waals surface area (Å²) in [6.45, 7) is 4.69. The van der Waals surface area contributed by atoms with Crippen LogP contribution < -0.4 is 0 Å². The van der Waals surface area contributed by atoms with Crippen LogP contribution in [-0.2, 0) is 6.54 Å². The van der Waals surface area contributed by atoms with Crippen molar-refractivity contribution in [1.82, 2.24) is 10.1 Å². The van der Waals surface area contributed by atoms with E-state index in [1.807, 2.05) is 31.9 Å². The third kappa shape index (κ3) is 2.82. The van der Waals surface area contributed by atoms with Gasteiger partial charge < -0.3 is 9.63 Å². The lowest BCUT2D eigenvalue weighted by molar-refractivity contribution is 0.143. The molecule has 1 heterocycles. The number of likely N-dealkylation sites (N-methyl/N-ethyl adjacent to an activating group) is 1. The standard InChI is InChI=1S/C9H16N2O2/c1-7-4-9(13-10-7)5-11(3)8(2)6-12/h4,8,12H,5-6H2,1-3H3. The van der Waals surface area contributed by atoms with Gasteiger partial charge in [0.1, 0.15) is 0 Å². The molecule has 0 radical (unpaired) electrons. The summed E-state index contributed by atoms with van der Waals surface area (Å²) in [5, 5.41) is 12.7. The zero-order chi connectivity index (χ0) is 9.84. The highest BCUT2D eigenvalue weighted by Gasteiger charge is 2.10. The monoisotopic (exact) mass is 184 g/mol. The van der Waals surface area contributed by atoms with Crippen LogP contribution in [0.2, 0.25) is 0 Å². The van der Waals surface area contributed by atoms with Crippen molar-refractivity contribution in [3.05, 3.63) is 17.5 Å². The first kappa shape index (κ1) is 10.2. The summed E-state index contributed by atoms with van der Waals surface area (Å²) in [6.07, 6.45) is 0. The first-order valence-corrected chi connectivity index (χ1v) is 4.36. The van der Waals surface area contributed by atoms with Gasteiger partial charge in [-0.05, 0) is 20.9 Å². The molecule has 1 rings (SSSR count). The van der Waals surface area contributed by atoms with Gasteiger partial charge >= 0.3 is 0 Å². The van der Waals surface area contributed by atoms with E-state index in [-0.39, 0.29) is 12.6 Å². The molecule has 1 atom stereocenters. The highest BCUT2D eigenvalue weighted by Crippen LogP contribution is 2.07. The smallest absolute Gasteiger partial charge is 0.150 e. The highest BCUT2D eigenvalue weighted by atomic mass is 16.5. The Labute approximate surface area is 78.1 Å². The molecular formula is C9H16N2O2. The molecule has 0 aliphatic carbocycles. The maximum Gasteiger partial charge on any atom is 0.150 e. The molecule has 0 bridgehead atoms. The number of hydrogen-bond acceptors (Lipinski definition) is 4. The Morgan fingerprint density at radius 1 is 1.69 bits per heavy atom. The summed E-state index contributed by atoms with van der Waals surface area (Å²) in [6, 6.07) is 2.05. The molecule has 0 saturated carbocycles. The second kappa shape index (κ2) is 4.39. The van der Waals surface area contributed by atoms with E-state index in [0.29, 0.717) is 6.54 Å². The van der Waals surface area contributed by atoms with Crippen LogP contribution in [0.5, 0.6) is 0 Å². The van der Waals surface area contributed by atoms with Crippen LogP contribution in [-0.4, -0.2) is 34.9 Å². The van der Waals surface area contributed by atoms with Crippen LogP contribution in [0.25, 0.3) is 0 Å². The highest BCUT2D eigenvalue weighted by molar-refractivity contribution is 5.02. The van der Waals surface area contributed by atoms with E-state index in [0.717, 1.165) is 11.5 Å². The predicted octanol–water partition coefficient (Wildman–Crippen LogP) is 0.796. The number of rotatable bonds is 4. The molecule has 0 saturated heterocycles. The average Bonchev–Trinajstić information content (AvgIpc) is 2.49. The van der Waals surface area contributed by atoms with Gasteiger partial charge in [-0.25, -0.2) is 0 Å². The van der Waals surface area contributed by atoms with Crippen molar-refractivity contribution < 1.29 is 9.63 Å². The normalized spacial score (nSPS) is 13.6. The summed E-state index contributed by atoms with van der Waals surface area (Å²) >= 11 is 0. The Morgan fingerprint density at radius 2 is 2.38 bits per heavy atom. The van der Waals surface area contributed by atoms with Crippen LogP contribution in [0.15, 0.2) is 10.6 Å². The van der Waals surface area contributed by atoms with E-state index in [4.69, 9.17) is 9.63 Å². The zero-order valence-electron chi connectivity index (χ0n) is 8.32. The second-order valence-electron chi connectivity index (χ2n) is 3.38. The molecule has 4 nitrogen and oxygen atoms in total. The largest absolute Gasteiger partial charge is 0.395 e. The maximum atomic E-state index is 8.90. The number of hydrogen-bond donors (Lipinski definition) is 1. The molecule has 1 unspecified atom stereocenters. The van der Waals surface area contributed by atoms with E-state index in [9.17, 15) is 0 Å². The Morgan fingerprint density at radius 3 is 2.85 bits per heavy atom. The molecule has 1 aromatic rings. The molecule has 4 heteroatoms. The predicted molar refractivity (Wildman–Crippen MR) is 49.3 cm³/mol. The minimum Gasteiger partial charge on any atom is -0.395 e. The van der Waals surface area contributed by atoms with Crippen molar-refractivity contribution >= 4 is 0 Å². The SMILES string of the molecule is Cc1cc(CN(C)C(C)CO)on1. The third-order valence-electron chi connectivity index (χ3n) is 2.10. The van der Waals surface area contributed by atoms with E-state index in [1.165, 1.54) is 0 Å². The molecule has 0 aliphatic rings. The fourth-order valence-electron chi connectivity index (χ4n) is 1.03. The van der Waals surface area contributed by atoms with Gasteiger partial charge in [0, 0.05) is 12.1 Å². The van der Waals surface area contributed by atoms with Gasteiger partial charge in [0.25, 0.3) is 0 Å². The quantitative estimate of drug-likeness (QED) is 0.751. The van der Waals surface area contributed by atoms with Gasteiger partial charge in [0.05, 0.1) is 18.8 Å². The van der Waals surface area contributed by atoms with E-state index < -0.39 is 0 Å². The molecule has 0 aliphatic heterocycles. The number of nitrogens with zero attached hydrogens (tertiary/aromatic N) is 2. The molecule has 0 amide bonds. The summed E-state index contributed by atoms with van der Waals surface area (Å²) in [5.41, 5.74) is 0.889. The Kier molecular flexibility index (Phi) is 3.45. The summed E-state index contributed by atoms with van der Waals surface area (Å²) in [7, 11) is 1.94. The molecular weight excluding hydrogens is 168 g/mol. The number of aromatic nitrogens is 1. The van der Waals surface area contributed by atoms with Gasteiger partial charge in [0.2, 0.25) is 0 Å². The van der Waals surface area contributed by atoms with E-state index in [2.05, 4.69) is 5.16 Å². The second-order valence-corrected chi connectivity index (χ2v) is 3.38. The molecule has 74 valence electrons. The number of aryl methyl sites for hydroxylation is 1. The van der Waals surface area contributed by atoms with Crippen LogP contribution >= 0.6 is 0 Å². The van der Waals surface area contributed by atoms with Gasteiger partial charge in [-0.3, -0.25) is 4.90 Å². The molecule has 0 fully saturated rings. The van der Waals surface area contributed by atoms with E-state index >= 15 is 0 Å². The van der Waals surface area contributed by atoms with Crippen molar-refractivity contribution in [2.75, 3.05) is 13.7 Å². The molecule has 1 aromatic heterocycles. The lowest BCUT2D eigenvalue weighted by atomic mass is 10.3. The van der Waals surface area contributed by atoms with Crippen molar-refractivity contribution in [1.29, 1.82) is 0 Å². The van der Waals surface area contributed by atoms with Gasteiger partial charge in [-0.15, -0.1) is 0 Å². The minimum absolute atomic E-state index is 0.144. The first-order valence-electron chi connectivity index (χ1n) is 4.36. The summed E-state index contributed by atoms with van der Waals surface area (Å²) < 4.78 is 5.06. The van der Waals surface area contributed by atoms with Crippen LogP contribution in [0, 0.1) is 6.92 Å². The Bertz CT molecular complexity index is 260. The van der Waals surface area contributed by atoms with E-state index in [1.54, 1.807) is 0 Å². The topological polar surface area (TPSA) is 49.5 Å². The molecule has 13 heavy (non-hydrogen) atoms. The van der Waals surface area contributed by atoms with Crippen molar-refractivity contribution in [2.45, 2.75) is 26.4 Å². The zero-order valence-corrected chi connectivity index (χ0v) is 8.32. The van der Waals surface area contributed by atoms with Crippen molar-refractivity contribution in [3.63, 3.8) is 0 Å². The average molecular weight is 184 g/mol.